The molecule has 0 saturated carbocycles. The summed E-state index contributed by atoms with van der Waals surface area (Å²) in [6.45, 7) is 5.44. The summed E-state index contributed by atoms with van der Waals surface area (Å²) in [4.78, 5) is 0. The van der Waals surface area contributed by atoms with E-state index in [-0.39, 0.29) is 24.6 Å². The minimum absolute atomic E-state index is 0.170. The molecule has 94 valence electrons. The number of aliphatic hydroxyl groups is 1. The molecule has 0 radical (unpaired) electrons. The van der Waals surface area contributed by atoms with E-state index >= 15 is 0 Å². The monoisotopic (exact) mass is 232 g/mol. The van der Waals surface area contributed by atoms with Crippen LogP contribution in [0, 0.1) is 0 Å². The molecule has 0 aliphatic carbocycles. The highest BCUT2D eigenvalue weighted by Gasteiger charge is 2.54. The van der Waals surface area contributed by atoms with Crippen LogP contribution in [0.5, 0.6) is 0 Å². The molecule has 1 N–H and O–H groups in total. The summed E-state index contributed by atoms with van der Waals surface area (Å²) in [5.41, 5.74) is 0. The molecule has 2 heterocycles. The van der Waals surface area contributed by atoms with Crippen molar-refractivity contribution in [3.63, 3.8) is 0 Å². The summed E-state index contributed by atoms with van der Waals surface area (Å²) >= 11 is 0. The van der Waals surface area contributed by atoms with Crippen LogP contribution >= 0.6 is 0 Å². The molecule has 2 fully saturated rings. The van der Waals surface area contributed by atoms with Gasteiger partial charge >= 0.3 is 0 Å². The number of hydrogen-bond donors (Lipinski definition) is 1. The third-order valence-corrected chi connectivity index (χ3v) is 2.93. The Kier molecular flexibility index (Phi) is 3.25. The molecule has 0 unspecified atom stereocenters. The van der Waals surface area contributed by atoms with Gasteiger partial charge in [0.05, 0.1) is 12.2 Å². The van der Waals surface area contributed by atoms with Gasteiger partial charge in [0.1, 0.15) is 12.2 Å². The van der Waals surface area contributed by atoms with Crippen LogP contribution in [0.25, 0.3) is 0 Å². The van der Waals surface area contributed by atoms with Gasteiger partial charge in [-0.3, -0.25) is 0 Å². The smallest absolute Gasteiger partial charge is 0.190 e. The first-order chi connectivity index (χ1) is 7.43. The SMILES string of the molecule is CO[C@@H]1[C@H]2OC(C)(C)O[C@H]2O[C@@H]1C[C@@H](C)O. The van der Waals surface area contributed by atoms with E-state index in [1.54, 1.807) is 14.0 Å². The Morgan fingerprint density at radius 3 is 2.62 bits per heavy atom. The Labute approximate surface area is 95.6 Å². The molecule has 0 spiro atoms. The van der Waals surface area contributed by atoms with Gasteiger partial charge in [0.15, 0.2) is 12.1 Å². The third kappa shape index (κ3) is 2.24. The normalized spacial score (nSPS) is 43.3. The summed E-state index contributed by atoms with van der Waals surface area (Å²) in [6, 6.07) is 0. The Balaban J connectivity index is 2.04. The van der Waals surface area contributed by atoms with Gasteiger partial charge in [-0.15, -0.1) is 0 Å². The lowest BCUT2D eigenvalue weighted by Crippen LogP contribution is -2.37. The summed E-state index contributed by atoms with van der Waals surface area (Å²) < 4.78 is 22.4. The third-order valence-electron chi connectivity index (χ3n) is 2.93. The van der Waals surface area contributed by atoms with Crippen molar-refractivity contribution in [2.24, 2.45) is 0 Å². The fraction of sp³-hybridized carbons (Fsp3) is 1.00. The lowest BCUT2D eigenvalue weighted by atomic mass is 10.1. The second kappa shape index (κ2) is 4.23. The first kappa shape index (κ1) is 12.3. The standard InChI is InChI=1S/C11H20O5/c1-6(12)5-7-8(13-4)9-10(14-7)16-11(2,3)15-9/h6-10,12H,5H2,1-4H3/t6-,7-,8+,9-,10-/m1/s1. The Bertz CT molecular complexity index is 253. The van der Waals surface area contributed by atoms with E-state index in [0.29, 0.717) is 6.42 Å². The van der Waals surface area contributed by atoms with Crippen molar-refractivity contribution in [3.8, 4) is 0 Å². The number of rotatable bonds is 3. The predicted octanol–water partition coefficient (Wildman–Crippen LogP) is 0.649. The van der Waals surface area contributed by atoms with Gasteiger partial charge in [-0.05, 0) is 20.8 Å². The second-order valence-electron chi connectivity index (χ2n) is 4.93. The molecular weight excluding hydrogens is 212 g/mol. The van der Waals surface area contributed by atoms with E-state index < -0.39 is 11.9 Å². The van der Waals surface area contributed by atoms with Crippen LogP contribution in [0.1, 0.15) is 27.2 Å². The van der Waals surface area contributed by atoms with E-state index in [1.807, 2.05) is 13.8 Å². The topological polar surface area (TPSA) is 57.2 Å². The van der Waals surface area contributed by atoms with Crippen molar-refractivity contribution >= 4 is 0 Å². The number of aliphatic hydroxyl groups excluding tert-OH is 1. The van der Waals surface area contributed by atoms with Gasteiger partial charge in [-0.2, -0.15) is 0 Å². The van der Waals surface area contributed by atoms with Gasteiger partial charge < -0.3 is 24.1 Å². The Hall–Kier alpha value is -0.200. The molecule has 2 aliphatic rings. The molecule has 16 heavy (non-hydrogen) atoms. The highest BCUT2D eigenvalue weighted by molar-refractivity contribution is 4.94. The molecule has 2 rings (SSSR count). The Morgan fingerprint density at radius 1 is 1.38 bits per heavy atom. The van der Waals surface area contributed by atoms with Crippen molar-refractivity contribution in [2.45, 2.75) is 63.7 Å². The van der Waals surface area contributed by atoms with Crippen LogP contribution in [0.3, 0.4) is 0 Å². The molecule has 2 aliphatic heterocycles. The lowest BCUT2D eigenvalue weighted by Gasteiger charge is -2.25. The molecule has 0 bridgehead atoms. The minimum atomic E-state index is -0.623. The van der Waals surface area contributed by atoms with Crippen LogP contribution < -0.4 is 0 Å². The van der Waals surface area contributed by atoms with Gasteiger partial charge in [0, 0.05) is 13.5 Å². The van der Waals surface area contributed by atoms with Gasteiger partial charge in [-0.1, -0.05) is 0 Å². The van der Waals surface area contributed by atoms with Crippen molar-refractivity contribution in [2.75, 3.05) is 7.11 Å². The summed E-state index contributed by atoms with van der Waals surface area (Å²) in [6.07, 6.45) is -0.835. The molecule has 2 saturated heterocycles. The average molecular weight is 232 g/mol. The largest absolute Gasteiger partial charge is 0.393 e. The number of fused-ring (bicyclic) bond motifs is 1. The first-order valence-electron chi connectivity index (χ1n) is 5.65. The van der Waals surface area contributed by atoms with E-state index in [1.165, 1.54) is 0 Å². The van der Waals surface area contributed by atoms with Crippen molar-refractivity contribution < 1.29 is 24.1 Å². The highest BCUT2D eigenvalue weighted by Crippen LogP contribution is 2.39. The molecule has 0 amide bonds. The maximum Gasteiger partial charge on any atom is 0.190 e. The zero-order valence-electron chi connectivity index (χ0n) is 10.2. The van der Waals surface area contributed by atoms with E-state index in [0.717, 1.165) is 0 Å². The fourth-order valence-corrected chi connectivity index (χ4v) is 2.36. The van der Waals surface area contributed by atoms with E-state index in [2.05, 4.69) is 0 Å². The number of ether oxygens (including phenoxy) is 4. The lowest BCUT2D eigenvalue weighted by molar-refractivity contribution is -0.218. The van der Waals surface area contributed by atoms with Crippen LogP contribution in [0.15, 0.2) is 0 Å². The van der Waals surface area contributed by atoms with Crippen LogP contribution in [0.2, 0.25) is 0 Å². The summed E-state index contributed by atoms with van der Waals surface area (Å²) in [5.74, 6) is -0.623. The average Bonchev–Trinajstić information content (AvgIpc) is 2.54. The zero-order chi connectivity index (χ0) is 11.9. The molecule has 5 nitrogen and oxygen atoms in total. The van der Waals surface area contributed by atoms with Gasteiger partial charge in [0.2, 0.25) is 0 Å². The Morgan fingerprint density at radius 2 is 2.06 bits per heavy atom. The number of methoxy groups -OCH3 is 1. The summed E-state index contributed by atoms with van der Waals surface area (Å²) in [7, 11) is 1.63. The van der Waals surface area contributed by atoms with Crippen molar-refractivity contribution in [1.29, 1.82) is 0 Å². The van der Waals surface area contributed by atoms with E-state index in [9.17, 15) is 5.11 Å². The second-order valence-corrected chi connectivity index (χ2v) is 4.93. The maximum absolute atomic E-state index is 9.37. The molecule has 5 heteroatoms. The molecule has 0 aromatic heterocycles. The predicted molar refractivity (Wildman–Crippen MR) is 55.8 cm³/mol. The molecule has 0 aromatic rings. The van der Waals surface area contributed by atoms with Crippen molar-refractivity contribution in [3.05, 3.63) is 0 Å². The molecule has 0 aromatic carbocycles. The van der Waals surface area contributed by atoms with Crippen LogP contribution in [-0.2, 0) is 18.9 Å². The van der Waals surface area contributed by atoms with Crippen molar-refractivity contribution in [1.82, 2.24) is 0 Å². The minimum Gasteiger partial charge on any atom is -0.393 e. The molecule has 5 atom stereocenters. The highest BCUT2D eigenvalue weighted by atomic mass is 16.8. The van der Waals surface area contributed by atoms with Gasteiger partial charge in [-0.25, -0.2) is 0 Å². The zero-order valence-corrected chi connectivity index (χ0v) is 10.2. The fourth-order valence-electron chi connectivity index (χ4n) is 2.36. The van der Waals surface area contributed by atoms with E-state index in [4.69, 9.17) is 18.9 Å². The summed E-state index contributed by atoms with van der Waals surface area (Å²) in [5, 5.41) is 9.37. The van der Waals surface area contributed by atoms with Gasteiger partial charge in [0.25, 0.3) is 0 Å². The maximum atomic E-state index is 9.37. The van der Waals surface area contributed by atoms with Crippen LogP contribution in [0.4, 0.5) is 0 Å². The van der Waals surface area contributed by atoms with Crippen LogP contribution in [-0.4, -0.2) is 48.7 Å². The number of hydrogen-bond acceptors (Lipinski definition) is 5. The first-order valence-corrected chi connectivity index (χ1v) is 5.65. The molecular formula is C11H20O5. The quantitative estimate of drug-likeness (QED) is 0.774.